The van der Waals surface area contributed by atoms with Gasteiger partial charge in [0.05, 0.1) is 16.2 Å². The Morgan fingerprint density at radius 1 is 1.25 bits per heavy atom. The summed E-state index contributed by atoms with van der Waals surface area (Å²) < 4.78 is 0. The van der Waals surface area contributed by atoms with Gasteiger partial charge in [-0.3, -0.25) is 14.9 Å². The summed E-state index contributed by atoms with van der Waals surface area (Å²) in [7, 11) is 0. The van der Waals surface area contributed by atoms with Crippen LogP contribution in [0.25, 0.3) is 0 Å². The molecule has 24 heavy (non-hydrogen) atoms. The number of amides is 1. The minimum atomic E-state index is -0.480. The van der Waals surface area contributed by atoms with E-state index in [2.05, 4.69) is 10.5 Å². The van der Waals surface area contributed by atoms with Crippen LogP contribution < -0.4 is 5.32 Å². The summed E-state index contributed by atoms with van der Waals surface area (Å²) in [5.41, 5.74) is 1.94. The van der Waals surface area contributed by atoms with Crippen LogP contribution in [0.4, 0.5) is 11.4 Å². The lowest BCUT2D eigenvalue weighted by molar-refractivity contribution is -0.385. The molecule has 0 saturated carbocycles. The van der Waals surface area contributed by atoms with Crippen molar-refractivity contribution in [3.05, 3.63) is 69.8 Å². The van der Waals surface area contributed by atoms with Crippen molar-refractivity contribution in [1.29, 1.82) is 0 Å². The molecule has 0 bridgehead atoms. The first kappa shape index (κ1) is 15.7. The number of oxime groups is 1. The van der Waals surface area contributed by atoms with Crippen LogP contribution in [0.5, 0.6) is 0 Å². The third-order valence-corrected chi connectivity index (χ3v) is 3.85. The van der Waals surface area contributed by atoms with Crippen LogP contribution in [-0.2, 0) is 9.63 Å². The van der Waals surface area contributed by atoms with Gasteiger partial charge in [0.15, 0.2) is 6.10 Å². The minimum Gasteiger partial charge on any atom is -0.387 e. The fraction of sp³-hybridized carbons (Fsp3) is 0.176. The maximum atomic E-state index is 12.3. The number of carbonyl (C=O) groups is 1. The Bertz CT molecular complexity index is 818. The number of nitro benzene ring substituents is 1. The van der Waals surface area contributed by atoms with Crippen LogP contribution in [0.1, 0.15) is 23.7 Å². The summed E-state index contributed by atoms with van der Waals surface area (Å²) in [6, 6.07) is 14.0. The van der Waals surface area contributed by atoms with Gasteiger partial charge in [-0.1, -0.05) is 41.6 Å². The molecule has 2 aromatic rings. The van der Waals surface area contributed by atoms with Crippen molar-refractivity contribution in [3.8, 4) is 0 Å². The molecule has 7 heteroatoms. The van der Waals surface area contributed by atoms with Crippen molar-refractivity contribution >= 4 is 23.0 Å². The van der Waals surface area contributed by atoms with Crippen LogP contribution in [0, 0.1) is 17.0 Å². The molecule has 0 radical (unpaired) electrons. The lowest BCUT2D eigenvalue weighted by atomic mass is 10.0. The Balaban J connectivity index is 1.71. The van der Waals surface area contributed by atoms with E-state index in [4.69, 9.17) is 4.84 Å². The molecule has 1 aliphatic rings. The number of hydrogen-bond acceptors (Lipinski definition) is 5. The summed E-state index contributed by atoms with van der Waals surface area (Å²) in [5.74, 6) is -0.419. The molecule has 1 unspecified atom stereocenters. The summed E-state index contributed by atoms with van der Waals surface area (Å²) in [5, 5.41) is 17.5. The molecule has 7 nitrogen and oxygen atoms in total. The van der Waals surface area contributed by atoms with E-state index in [1.54, 1.807) is 13.0 Å². The van der Waals surface area contributed by atoms with E-state index < -0.39 is 10.8 Å². The van der Waals surface area contributed by atoms with E-state index in [1.165, 1.54) is 12.1 Å². The maximum absolute atomic E-state index is 12.3. The standard InChI is InChI=1S/C17H15N3O4/c1-11-13(8-5-9-15(11)20(22)23)18-17(21)14-10-16(24-19-14)12-6-3-2-4-7-12/h2-9,16H,10H2,1H3,(H,18,21). The third kappa shape index (κ3) is 3.10. The number of rotatable bonds is 4. The fourth-order valence-corrected chi connectivity index (χ4v) is 2.51. The van der Waals surface area contributed by atoms with Crippen molar-refractivity contribution < 1.29 is 14.6 Å². The predicted molar refractivity (Wildman–Crippen MR) is 88.8 cm³/mol. The Labute approximate surface area is 138 Å². The van der Waals surface area contributed by atoms with Crippen molar-refractivity contribution in [1.82, 2.24) is 0 Å². The summed E-state index contributed by atoms with van der Waals surface area (Å²) in [4.78, 5) is 28.1. The first-order valence-electron chi connectivity index (χ1n) is 7.39. The van der Waals surface area contributed by atoms with Crippen LogP contribution in [0.15, 0.2) is 53.7 Å². The third-order valence-electron chi connectivity index (χ3n) is 3.85. The highest BCUT2D eigenvalue weighted by Crippen LogP contribution is 2.28. The molecule has 1 aliphatic heterocycles. The van der Waals surface area contributed by atoms with Crippen molar-refractivity contribution in [2.45, 2.75) is 19.4 Å². The fourth-order valence-electron chi connectivity index (χ4n) is 2.51. The second kappa shape index (κ2) is 6.49. The lowest BCUT2D eigenvalue weighted by Crippen LogP contribution is -2.22. The number of nitro groups is 1. The van der Waals surface area contributed by atoms with Gasteiger partial charge in [0.1, 0.15) is 5.71 Å². The monoisotopic (exact) mass is 325 g/mol. The Morgan fingerprint density at radius 3 is 2.71 bits per heavy atom. The normalized spacial score (nSPS) is 16.2. The van der Waals surface area contributed by atoms with E-state index in [1.807, 2.05) is 30.3 Å². The van der Waals surface area contributed by atoms with E-state index in [9.17, 15) is 14.9 Å². The molecular weight excluding hydrogens is 310 g/mol. The summed E-state index contributed by atoms with van der Waals surface area (Å²) >= 11 is 0. The minimum absolute atomic E-state index is 0.0421. The van der Waals surface area contributed by atoms with Gasteiger partial charge >= 0.3 is 0 Å². The van der Waals surface area contributed by atoms with Gasteiger partial charge in [0.2, 0.25) is 0 Å². The highest BCUT2D eigenvalue weighted by molar-refractivity contribution is 6.43. The number of nitrogens with one attached hydrogen (secondary N) is 1. The average Bonchev–Trinajstić information content (AvgIpc) is 3.07. The molecule has 1 heterocycles. The Morgan fingerprint density at radius 2 is 2.00 bits per heavy atom. The van der Waals surface area contributed by atoms with Crippen LogP contribution in [0.2, 0.25) is 0 Å². The molecule has 1 amide bonds. The number of hydrogen-bond donors (Lipinski definition) is 1. The molecule has 0 saturated heterocycles. The zero-order valence-corrected chi connectivity index (χ0v) is 12.9. The largest absolute Gasteiger partial charge is 0.387 e. The number of anilines is 1. The van der Waals surface area contributed by atoms with Crippen LogP contribution in [-0.4, -0.2) is 16.5 Å². The smallest absolute Gasteiger partial charge is 0.274 e. The Hall–Kier alpha value is -3.22. The van der Waals surface area contributed by atoms with Crippen molar-refractivity contribution in [2.75, 3.05) is 5.32 Å². The van der Waals surface area contributed by atoms with Gasteiger partial charge in [-0.15, -0.1) is 0 Å². The number of benzene rings is 2. The zero-order chi connectivity index (χ0) is 17.1. The van der Waals surface area contributed by atoms with Gasteiger partial charge < -0.3 is 10.2 Å². The van der Waals surface area contributed by atoms with Gasteiger partial charge in [-0.2, -0.15) is 0 Å². The van der Waals surface area contributed by atoms with E-state index in [0.29, 0.717) is 17.7 Å². The van der Waals surface area contributed by atoms with Crippen LogP contribution >= 0.6 is 0 Å². The molecule has 1 N–H and O–H groups in total. The van der Waals surface area contributed by atoms with E-state index >= 15 is 0 Å². The molecule has 0 aliphatic carbocycles. The van der Waals surface area contributed by atoms with Gasteiger partial charge in [-0.05, 0) is 18.6 Å². The maximum Gasteiger partial charge on any atom is 0.274 e. The van der Waals surface area contributed by atoms with Gasteiger partial charge in [-0.25, -0.2) is 0 Å². The second-order valence-corrected chi connectivity index (χ2v) is 5.41. The molecular formula is C17H15N3O4. The summed E-state index contributed by atoms with van der Waals surface area (Å²) in [6.45, 7) is 1.59. The zero-order valence-electron chi connectivity index (χ0n) is 12.9. The quantitative estimate of drug-likeness (QED) is 0.689. The van der Waals surface area contributed by atoms with Gasteiger partial charge in [0, 0.05) is 12.5 Å². The molecule has 1 atom stereocenters. The van der Waals surface area contributed by atoms with E-state index in [-0.39, 0.29) is 17.5 Å². The molecule has 3 rings (SSSR count). The molecule has 0 fully saturated rings. The molecule has 0 spiro atoms. The molecule has 0 aromatic heterocycles. The number of nitrogens with zero attached hydrogens (tertiary/aromatic N) is 2. The summed E-state index contributed by atoms with van der Waals surface area (Å²) in [6.07, 6.45) is 0.0576. The average molecular weight is 325 g/mol. The topological polar surface area (TPSA) is 93.8 Å². The first-order chi connectivity index (χ1) is 11.6. The van der Waals surface area contributed by atoms with E-state index in [0.717, 1.165) is 5.56 Å². The van der Waals surface area contributed by atoms with Crippen LogP contribution in [0.3, 0.4) is 0 Å². The predicted octanol–water partition coefficient (Wildman–Crippen LogP) is 3.36. The van der Waals surface area contributed by atoms with Gasteiger partial charge in [0.25, 0.3) is 11.6 Å². The highest BCUT2D eigenvalue weighted by atomic mass is 16.6. The lowest BCUT2D eigenvalue weighted by Gasteiger charge is -2.09. The molecule has 122 valence electrons. The SMILES string of the molecule is Cc1c(NC(=O)C2=NOC(c3ccccc3)C2)cccc1[N+](=O)[O-]. The first-order valence-corrected chi connectivity index (χ1v) is 7.39. The van der Waals surface area contributed by atoms with Crippen molar-refractivity contribution in [2.24, 2.45) is 5.16 Å². The van der Waals surface area contributed by atoms with Crippen molar-refractivity contribution in [3.63, 3.8) is 0 Å². The highest BCUT2D eigenvalue weighted by Gasteiger charge is 2.28. The number of carbonyl (C=O) groups excluding carboxylic acids is 1. The molecule has 2 aromatic carbocycles. The second-order valence-electron chi connectivity index (χ2n) is 5.41. The Kier molecular flexibility index (Phi) is 4.24.